The number of aromatic hydroxyl groups is 3. The van der Waals surface area contributed by atoms with Crippen LogP contribution in [0.4, 0.5) is 0 Å². The summed E-state index contributed by atoms with van der Waals surface area (Å²) in [5, 5.41) is 32.0. The number of allylic oxidation sites excluding steroid dienone is 4. The summed E-state index contributed by atoms with van der Waals surface area (Å²) in [5.41, 5.74) is 1.48. The summed E-state index contributed by atoms with van der Waals surface area (Å²) < 4.78 is 17.8. The molecule has 33 heavy (non-hydrogen) atoms. The lowest BCUT2D eigenvalue weighted by Gasteiger charge is -2.36. The molecule has 2 aromatic carbocycles. The minimum absolute atomic E-state index is 0.0106. The first kappa shape index (κ1) is 22.7. The molecule has 0 fully saturated rings. The van der Waals surface area contributed by atoms with Gasteiger partial charge in [0, 0.05) is 29.9 Å². The number of rotatable bonds is 5. The van der Waals surface area contributed by atoms with Crippen LogP contribution in [-0.4, -0.2) is 34.5 Å². The first-order chi connectivity index (χ1) is 15.6. The number of ketones is 1. The highest BCUT2D eigenvalue weighted by Crippen LogP contribution is 2.55. The Labute approximate surface area is 192 Å². The Balaban J connectivity index is 1.89. The van der Waals surface area contributed by atoms with Crippen LogP contribution in [-0.2, 0) is 23.2 Å². The third-order valence-electron chi connectivity index (χ3n) is 6.09. The number of Topliss-reactive ketones (excluding diaryl/α,β-unsaturated/α-hetero) is 1. The van der Waals surface area contributed by atoms with Gasteiger partial charge in [-0.3, -0.25) is 4.79 Å². The fourth-order valence-electron chi connectivity index (χ4n) is 4.29. The lowest BCUT2D eigenvalue weighted by atomic mass is 9.82. The fourth-order valence-corrected chi connectivity index (χ4v) is 4.29. The molecule has 2 aromatic rings. The lowest BCUT2D eigenvalue weighted by molar-refractivity contribution is -0.135. The summed E-state index contributed by atoms with van der Waals surface area (Å²) in [6.07, 6.45) is 3.24. The molecular weight excluding hydrogens is 424 g/mol. The summed E-state index contributed by atoms with van der Waals surface area (Å²) >= 11 is 0. The van der Waals surface area contributed by atoms with E-state index in [1.54, 1.807) is 6.07 Å². The predicted molar refractivity (Wildman–Crippen MR) is 122 cm³/mol. The van der Waals surface area contributed by atoms with E-state index < -0.39 is 17.7 Å². The van der Waals surface area contributed by atoms with E-state index in [9.17, 15) is 20.1 Å². The van der Waals surface area contributed by atoms with Gasteiger partial charge < -0.3 is 29.5 Å². The number of benzene rings is 2. The second-order valence-electron chi connectivity index (χ2n) is 8.84. The molecule has 2 aliphatic heterocycles. The Morgan fingerprint density at radius 3 is 2.24 bits per heavy atom. The van der Waals surface area contributed by atoms with Crippen molar-refractivity contribution in [3.8, 4) is 28.7 Å². The van der Waals surface area contributed by atoms with Gasteiger partial charge in [-0.15, -0.1) is 0 Å². The molecule has 0 bridgehead atoms. The van der Waals surface area contributed by atoms with Crippen molar-refractivity contribution in [1.82, 2.24) is 0 Å². The van der Waals surface area contributed by atoms with Crippen molar-refractivity contribution in [2.75, 3.05) is 7.11 Å². The summed E-state index contributed by atoms with van der Waals surface area (Å²) in [6, 6.07) is 4.39. The standard InChI is InChI=1S/C26H28O7/c1-13(2)6-8-15-19(28)12-20-21(22(15)29)24(30)26(31-5)17-10-11-18(27)16(9-7-14(3)4)23(17)33-25(26)32-20/h6-7,10-12,25,27-29H,8-9H2,1-5H3. The SMILES string of the molecule is COC12C(=O)c3c(cc(O)c(CC=C(C)C)c3O)OC1Oc1c2ccc(O)c1CC=C(C)C. The molecule has 0 aromatic heterocycles. The van der Waals surface area contributed by atoms with Crippen LogP contribution in [0.2, 0.25) is 0 Å². The number of phenolic OH excluding ortho intramolecular Hbond substituents is 3. The summed E-state index contributed by atoms with van der Waals surface area (Å²) in [5.74, 6) is -0.709. The summed E-state index contributed by atoms with van der Waals surface area (Å²) in [4.78, 5) is 13.9. The number of carbonyl (C=O) groups is 1. The van der Waals surface area contributed by atoms with Crippen molar-refractivity contribution in [2.45, 2.75) is 52.4 Å². The number of methoxy groups -OCH3 is 1. The van der Waals surface area contributed by atoms with Crippen LogP contribution in [0.25, 0.3) is 0 Å². The normalized spacial score (nSPS) is 20.2. The van der Waals surface area contributed by atoms with Gasteiger partial charge in [0.25, 0.3) is 6.29 Å². The third-order valence-corrected chi connectivity index (χ3v) is 6.09. The second-order valence-corrected chi connectivity index (χ2v) is 8.84. The largest absolute Gasteiger partial charge is 0.508 e. The van der Waals surface area contributed by atoms with Crippen LogP contribution < -0.4 is 9.47 Å². The average molecular weight is 453 g/mol. The molecule has 0 radical (unpaired) electrons. The quantitative estimate of drug-likeness (QED) is 0.567. The highest BCUT2D eigenvalue weighted by atomic mass is 16.7. The first-order valence-electron chi connectivity index (χ1n) is 10.7. The van der Waals surface area contributed by atoms with Crippen LogP contribution >= 0.6 is 0 Å². The number of hydrogen-bond donors (Lipinski definition) is 3. The molecule has 2 atom stereocenters. The summed E-state index contributed by atoms with van der Waals surface area (Å²) in [7, 11) is 1.38. The molecule has 0 aliphatic carbocycles. The van der Waals surface area contributed by atoms with Crippen LogP contribution in [0.1, 0.15) is 54.7 Å². The maximum Gasteiger partial charge on any atom is 0.281 e. The van der Waals surface area contributed by atoms with Crippen LogP contribution in [0.15, 0.2) is 41.5 Å². The maximum atomic E-state index is 13.9. The molecule has 2 aliphatic rings. The molecule has 4 rings (SSSR count). The number of ether oxygens (including phenoxy) is 3. The Kier molecular flexibility index (Phi) is 5.62. The summed E-state index contributed by atoms with van der Waals surface area (Å²) in [6.45, 7) is 7.70. The molecule has 0 saturated heterocycles. The molecule has 0 amide bonds. The van der Waals surface area contributed by atoms with Gasteiger partial charge in [-0.2, -0.15) is 0 Å². The van der Waals surface area contributed by atoms with Crippen LogP contribution in [0.3, 0.4) is 0 Å². The first-order valence-corrected chi connectivity index (χ1v) is 10.7. The zero-order valence-corrected chi connectivity index (χ0v) is 19.4. The second kappa shape index (κ2) is 8.15. The molecule has 2 unspecified atom stereocenters. The minimum Gasteiger partial charge on any atom is -0.508 e. The zero-order valence-electron chi connectivity index (χ0n) is 19.4. The lowest BCUT2D eigenvalue weighted by Crippen LogP contribution is -2.52. The Bertz CT molecular complexity index is 1200. The Morgan fingerprint density at radius 1 is 1.00 bits per heavy atom. The molecule has 7 heteroatoms. The van der Waals surface area contributed by atoms with E-state index in [0.717, 1.165) is 11.1 Å². The Morgan fingerprint density at radius 2 is 1.64 bits per heavy atom. The monoisotopic (exact) mass is 452 g/mol. The van der Waals surface area contributed by atoms with E-state index in [2.05, 4.69) is 0 Å². The number of phenols is 3. The fraction of sp³-hybridized carbons (Fsp3) is 0.346. The number of fused-ring (bicyclic) bond motifs is 4. The molecule has 2 heterocycles. The smallest absolute Gasteiger partial charge is 0.281 e. The van der Waals surface area contributed by atoms with E-state index in [4.69, 9.17) is 14.2 Å². The van der Waals surface area contributed by atoms with Crippen molar-refractivity contribution in [1.29, 1.82) is 0 Å². The van der Waals surface area contributed by atoms with Gasteiger partial charge in [0.15, 0.2) is 0 Å². The predicted octanol–water partition coefficient (Wildman–Crippen LogP) is 4.66. The van der Waals surface area contributed by atoms with E-state index in [0.29, 0.717) is 23.3 Å². The molecule has 3 N–H and O–H groups in total. The van der Waals surface area contributed by atoms with E-state index in [-0.39, 0.29) is 40.5 Å². The van der Waals surface area contributed by atoms with Gasteiger partial charge >= 0.3 is 0 Å². The van der Waals surface area contributed by atoms with Gasteiger partial charge in [0.2, 0.25) is 11.4 Å². The molecule has 174 valence electrons. The van der Waals surface area contributed by atoms with E-state index in [1.165, 1.54) is 19.2 Å². The maximum absolute atomic E-state index is 13.9. The van der Waals surface area contributed by atoms with Crippen molar-refractivity contribution in [3.05, 3.63) is 63.8 Å². The van der Waals surface area contributed by atoms with Crippen molar-refractivity contribution >= 4 is 5.78 Å². The van der Waals surface area contributed by atoms with E-state index >= 15 is 0 Å². The Hall–Kier alpha value is -3.45. The zero-order chi connectivity index (χ0) is 24.1. The van der Waals surface area contributed by atoms with Gasteiger partial charge in [0.1, 0.15) is 34.3 Å². The van der Waals surface area contributed by atoms with Gasteiger partial charge in [0.05, 0.1) is 0 Å². The highest BCUT2D eigenvalue weighted by Gasteiger charge is 2.62. The van der Waals surface area contributed by atoms with Crippen molar-refractivity contribution < 1.29 is 34.3 Å². The molecule has 7 nitrogen and oxygen atoms in total. The van der Waals surface area contributed by atoms with Gasteiger partial charge in [-0.1, -0.05) is 23.3 Å². The number of hydrogen-bond acceptors (Lipinski definition) is 7. The minimum atomic E-state index is -1.67. The van der Waals surface area contributed by atoms with E-state index in [1.807, 2.05) is 39.8 Å². The number of carbonyl (C=O) groups excluding carboxylic acids is 1. The van der Waals surface area contributed by atoms with Crippen molar-refractivity contribution in [3.63, 3.8) is 0 Å². The van der Waals surface area contributed by atoms with Crippen LogP contribution in [0, 0.1) is 0 Å². The molecule has 0 saturated carbocycles. The van der Waals surface area contributed by atoms with Crippen LogP contribution in [0.5, 0.6) is 28.7 Å². The van der Waals surface area contributed by atoms with Gasteiger partial charge in [-0.25, -0.2) is 0 Å². The van der Waals surface area contributed by atoms with Crippen molar-refractivity contribution in [2.24, 2.45) is 0 Å². The molecule has 0 spiro atoms. The topological polar surface area (TPSA) is 105 Å². The molecular formula is C26H28O7. The average Bonchev–Trinajstić information content (AvgIpc) is 3.06. The third kappa shape index (κ3) is 3.43. The van der Waals surface area contributed by atoms with Gasteiger partial charge in [-0.05, 0) is 52.7 Å². The highest BCUT2D eigenvalue weighted by molar-refractivity contribution is 6.10.